The van der Waals surface area contributed by atoms with Crippen LogP contribution in [0, 0.1) is 22.9 Å². The topological polar surface area (TPSA) is 55.2 Å². The molecule has 0 aliphatic carbocycles. The highest BCUT2D eigenvalue weighted by molar-refractivity contribution is 7.10. The van der Waals surface area contributed by atoms with Crippen molar-refractivity contribution < 1.29 is 9.31 Å². The third-order valence-corrected chi connectivity index (χ3v) is 4.02. The molecular weight excluding hydrogens is 267 g/mol. The molecule has 4 nitrogen and oxygen atoms in total. The van der Waals surface area contributed by atoms with Crippen molar-refractivity contribution in [1.29, 1.82) is 0 Å². The van der Waals surface area contributed by atoms with Crippen LogP contribution < -0.4 is 5.32 Å². The Kier molecular flexibility index (Phi) is 3.80. The van der Waals surface area contributed by atoms with Crippen LogP contribution in [0.2, 0.25) is 0 Å². The second-order valence-corrected chi connectivity index (χ2v) is 5.20. The summed E-state index contributed by atoms with van der Waals surface area (Å²) in [5, 5.41) is 15.7. The zero-order chi connectivity index (χ0) is 14.0. The van der Waals surface area contributed by atoms with Crippen LogP contribution in [-0.2, 0) is 0 Å². The quantitative estimate of drug-likeness (QED) is 0.672. The van der Waals surface area contributed by atoms with Crippen LogP contribution in [0.3, 0.4) is 0 Å². The van der Waals surface area contributed by atoms with Crippen LogP contribution in [0.15, 0.2) is 29.6 Å². The van der Waals surface area contributed by atoms with Crippen LogP contribution in [0.1, 0.15) is 23.4 Å². The summed E-state index contributed by atoms with van der Waals surface area (Å²) in [6.45, 7) is 3.98. The maximum Gasteiger partial charge on any atom is 0.304 e. The number of nitrogens with zero attached hydrogens (tertiary/aromatic N) is 1. The molecule has 0 spiro atoms. The van der Waals surface area contributed by atoms with Gasteiger partial charge >= 0.3 is 5.69 Å². The van der Waals surface area contributed by atoms with E-state index < -0.39 is 16.4 Å². The molecule has 1 unspecified atom stereocenters. The predicted molar refractivity (Wildman–Crippen MR) is 74.1 cm³/mol. The lowest BCUT2D eigenvalue weighted by atomic mass is 10.2. The van der Waals surface area contributed by atoms with E-state index in [9.17, 15) is 14.5 Å². The Morgan fingerprint density at radius 1 is 1.42 bits per heavy atom. The van der Waals surface area contributed by atoms with E-state index in [1.165, 1.54) is 22.6 Å². The molecule has 1 aromatic heterocycles. The number of nitro groups is 1. The van der Waals surface area contributed by atoms with Crippen LogP contribution >= 0.6 is 11.3 Å². The highest BCUT2D eigenvalue weighted by Gasteiger charge is 2.15. The number of hydrogen-bond acceptors (Lipinski definition) is 4. The summed E-state index contributed by atoms with van der Waals surface area (Å²) in [5.74, 6) is -0.829. The number of hydrogen-bond donors (Lipinski definition) is 1. The van der Waals surface area contributed by atoms with E-state index in [0.29, 0.717) is 5.69 Å². The zero-order valence-electron chi connectivity index (χ0n) is 10.5. The van der Waals surface area contributed by atoms with Gasteiger partial charge in [-0.2, -0.15) is 4.39 Å². The van der Waals surface area contributed by atoms with Crippen molar-refractivity contribution in [2.24, 2.45) is 0 Å². The lowest BCUT2D eigenvalue weighted by Gasteiger charge is -2.15. The Bertz CT molecular complexity index is 612. The van der Waals surface area contributed by atoms with Gasteiger partial charge < -0.3 is 5.32 Å². The van der Waals surface area contributed by atoms with E-state index in [2.05, 4.69) is 5.32 Å². The smallest absolute Gasteiger partial charge is 0.304 e. The molecule has 2 aromatic rings. The van der Waals surface area contributed by atoms with Gasteiger partial charge in [-0.15, -0.1) is 11.3 Å². The molecule has 0 fully saturated rings. The van der Waals surface area contributed by atoms with Gasteiger partial charge in [-0.25, -0.2) is 0 Å². The third kappa shape index (κ3) is 2.90. The van der Waals surface area contributed by atoms with Gasteiger partial charge in [-0.1, -0.05) is 0 Å². The van der Waals surface area contributed by atoms with Crippen LogP contribution in [0.4, 0.5) is 15.8 Å². The van der Waals surface area contributed by atoms with E-state index >= 15 is 0 Å². The lowest BCUT2D eigenvalue weighted by Crippen LogP contribution is -2.06. The summed E-state index contributed by atoms with van der Waals surface area (Å²) in [7, 11) is 0. The van der Waals surface area contributed by atoms with Crippen molar-refractivity contribution in [2.75, 3.05) is 5.32 Å². The van der Waals surface area contributed by atoms with Crippen LogP contribution in [-0.4, -0.2) is 4.92 Å². The van der Waals surface area contributed by atoms with Gasteiger partial charge in [0.25, 0.3) is 0 Å². The largest absolute Gasteiger partial charge is 0.378 e. The molecule has 0 saturated heterocycles. The second-order valence-electron chi connectivity index (χ2n) is 4.26. The predicted octanol–water partition coefficient (Wildman–Crippen LogP) is 4.28. The SMILES string of the molecule is Cc1ccsc1C(C)Nc1ccc([N+](=O)[O-])c(F)c1. The highest BCUT2D eigenvalue weighted by atomic mass is 32.1. The molecule has 100 valence electrons. The van der Waals surface area contributed by atoms with E-state index in [-0.39, 0.29) is 6.04 Å². The first-order chi connectivity index (χ1) is 8.99. The molecule has 2 rings (SSSR count). The molecule has 1 heterocycles. The number of nitrogens with one attached hydrogen (secondary N) is 1. The maximum atomic E-state index is 13.5. The van der Waals surface area contributed by atoms with Gasteiger partial charge in [-0.3, -0.25) is 10.1 Å². The Hall–Kier alpha value is -1.95. The summed E-state index contributed by atoms with van der Waals surface area (Å²) in [6.07, 6.45) is 0. The number of nitro benzene ring substituents is 1. The number of thiophene rings is 1. The molecule has 1 aromatic carbocycles. The summed E-state index contributed by atoms with van der Waals surface area (Å²) in [6, 6.07) is 5.89. The molecule has 1 atom stereocenters. The van der Waals surface area contributed by atoms with Crippen molar-refractivity contribution in [3.63, 3.8) is 0 Å². The van der Waals surface area contributed by atoms with Gasteiger partial charge in [0.15, 0.2) is 0 Å². The molecule has 19 heavy (non-hydrogen) atoms. The molecular formula is C13H13FN2O2S. The first kappa shape index (κ1) is 13.5. The monoisotopic (exact) mass is 280 g/mol. The van der Waals surface area contributed by atoms with Crippen molar-refractivity contribution in [1.82, 2.24) is 0 Å². The van der Waals surface area contributed by atoms with Gasteiger partial charge in [0.2, 0.25) is 5.82 Å². The number of halogens is 1. The second kappa shape index (κ2) is 5.36. The number of rotatable bonds is 4. The Balaban J connectivity index is 2.18. The van der Waals surface area contributed by atoms with Gasteiger partial charge in [0.05, 0.1) is 11.0 Å². The minimum absolute atomic E-state index is 0.0286. The minimum Gasteiger partial charge on any atom is -0.378 e. The van der Waals surface area contributed by atoms with Gasteiger partial charge in [-0.05, 0) is 36.9 Å². The van der Waals surface area contributed by atoms with Crippen molar-refractivity contribution >= 4 is 22.7 Å². The highest BCUT2D eigenvalue weighted by Crippen LogP contribution is 2.28. The van der Waals surface area contributed by atoms with E-state index in [4.69, 9.17) is 0 Å². The van der Waals surface area contributed by atoms with E-state index in [1.807, 2.05) is 25.3 Å². The number of anilines is 1. The van der Waals surface area contributed by atoms with Crippen LogP contribution in [0.5, 0.6) is 0 Å². The molecule has 0 amide bonds. The molecule has 0 aliphatic heterocycles. The minimum atomic E-state index is -0.829. The van der Waals surface area contributed by atoms with Crippen molar-refractivity contribution in [2.45, 2.75) is 19.9 Å². The fraction of sp³-hybridized carbons (Fsp3) is 0.231. The number of benzene rings is 1. The molecule has 0 saturated carbocycles. The van der Waals surface area contributed by atoms with Crippen molar-refractivity contribution in [3.8, 4) is 0 Å². The molecule has 6 heteroatoms. The molecule has 1 N–H and O–H groups in total. The maximum absolute atomic E-state index is 13.5. The van der Waals surface area contributed by atoms with Gasteiger partial charge in [0.1, 0.15) is 0 Å². The third-order valence-electron chi connectivity index (χ3n) is 2.82. The molecule has 0 bridgehead atoms. The molecule has 0 aliphatic rings. The standard InChI is InChI=1S/C13H13FN2O2S/c1-8-5-6-19-13(8)9(2)15-10-3-4-12(16(17)18)11(14)7-10/h3-7,9,15H,1-2H3. The Morgan fingerprint density at radius 2 is 2.16 bits per heavy atom. The van der Waals surface area contributed by atoms with Crippen molar-refractivity contribution in [3.05, 3.63) is 56.0 Å². The summed E-state index contributed by atoms with van der Waals surface area (Å²) < 4.78 is 13.5. The van der Waals surface area contributed by atoms with Crippen LogP contribution in [0.25, 0.3) is 0 Å². The normalized spacial score (nSPS) is 12.2. The summed E-state index contributed by atoms with van der Waals surface area (Å²) in [5.41, 5.74) is 1.20. The van der Waals surface area contributed by atoms with Gasteiger partial charge in [0, 0.05) is 22.7 Å². The first-order valence-electron chi connectivity index (χ1n) is 5.73. The molecule has 0 radical (unpaired) electrons. The summed E-state index contributed by atoms with van der Waals surface area (Å²) >= 11 is 1.62. The Labute approximate surface area is 114 Å². The van der Waals surface area contributed by atoms with E-state index in [0.717, 1.165) is 6.07 Å². The first-order valence-corrected chi connectivity index (χ1v) is 6.61. The zero-order valence-corrected chi connectivity index (χ0v) is 11.3. The van der Waals surface area contributed by atoms with E-state index in [1.54, 1.807) is 11.3 Å². The fourth-order valence-corrected chi connectivity index (χ4v) is 2.82. The number of aryl methyl sites for hydroxylation is 1. The fourth-order valence-electron chi connectivity index (χ4n) is 1.89. The average Bonchev–Trinajstić information content (AvgIpc) is 2.75. The average molecular weight is 280 g/mol. The lowest BCUT2D eigenvalue weighted by molar-refractivity contribution is -0.387. The Morgan fingerprint density at radius 3 is 2.68 bits per heavy atom. The summed E-state index contributed by atoms with van der Waals surface area (Å²) in [4.78, 5) is 11.0.